The SMILES string of the molecule is CN=C(NCCCN(C)C1CCCCC1)NC1CCN(c2cc(OC)cc(OC)c2)CC1. The maximum atomic E-state index is 5.43. The number of nitrogens with one attached hydrogen (secondary N) is 2. The predicted octanol–water partition coefficient (Wildman–Crippen LogP) is 3.49. The van der Waals surface area contributed by atoms with E-state index in [1.54, 1.807) is 14.2 Å². The zero-order valence-electron chi connectivity index (χ0n) is 20.5. The molecular formula is C25H43N5O2. The van der Waals surface area contributed by atoms with Crippen LogP contribution in [0.1, 0.15) is 51.4 Å². The van der Waals surface area contributed by atoms with Gasteiger partial charge in [-0.15, -0.1) is 0 Å². The highest BCUT2D eigenvalue weighted by Crippen LogP contribution is 2.30. The van der Waals surface area contributed by atoms with Gasteiger partial charge in [0.05, 0.1) is 14.2 Å². The first kappa shape index (κ1) is 24.5. The van der Waals surface area contributed by atoms with E-state index in [4.69, 9.17) is 9.47 Å². The van der Waals surface area contributed by atoms with Crippen molar-refractivity contribution < 1.29 is 9.47 Å². The van der Waals surface area contributed by atoms with Crippen molar-refractivity contribution in [2.24, 2.45) is 4.99 Å². The predicted molar refractivity (Wildman–Crippen MR) is 133 cm³/mol. The van der Waals surface area contributed by atoms with Gasteiger partial charge in [-0.3, -0.25) is 4.99 Å². The average Bonchev–Trinajstić information content (AvgIpc) is 2.86. The van der Waals surface area contributed by atoms with Crippen molar-refractivity contribution in [1.29, 1.82) is 0 Å². The van der Waals surface area contributed by atoms with Crippen LogP contribution in [0, 0.1) is 0 Å². The zero-order valence-corrected chi connectivity index (χ0v) is 20.5. The van der Waals surface area contributed by atoms with E-state index in [-0.39, 0.29) is 0 Å². The van der Waals surface area contributed by atoms with Crippen LogP contribution in [0.5, 0.6) is 11.5 Å². The second-order valence-electron chi connectivity index (χ2n) is 9.10. The fraction of sp³-hybridized carbons (Fsp3) is 0.720. The van der Waals surface area contributed by atoms with Gasteiger partial charge in [0.15, 0.2) is 5.96 Å². The molecule has 0 atom stereocenters. The lowest BCUT2D eigenvalue weighted by molar-refractivity contribution is 0.190. The molecule has 2 aliphatic rings. The third kappa shape index (κ3) is 7.19. The summed E-state index contributed by atoms with van der Waals surface area (Å²) in [4.78, 5) is 9.40. The standard InChI is InChI=1S/C25H43N5O2/c1-26-25(27-13-8-14-29(2)21-9-6-5-7-10-21)28-20-11-15-30(16-12-20)22-17-23(31-3)19-24(18-22)32-4/h17-21H,5-16H2,1-4H3,(H2,26,27,28). The summed E-state index contributed by atoms with van der Waals surface area (Å²) in [7, 11) is 7.54. The normalized spacial score (nSPS) is 18.7. The van der Waals surface area contributed by atoms with Crippen molar-refractivity contribution in [3.05, 3.63) is 18.2 Å². The van der Waals surface area contributed by atoms with Crippen LogP contribution in [0.25, 0.3) is 0 Å². The molecule has 3 rings (SSSR count). The van der Waals surface area contributed by atoms with Gasteiger partial charge in [0.2, 0.25) is 0 Å². The molecule has 2 N–H and O–H groups in total. The molecule has 7 heteroatoms. The lowest BCUT2D eigenvalue weighted by atomic mass is 9.94. The molecule has 1 aliphatic heterocycles. The largest absolute Gasteiger partial charge is 0.497 e. The number of aliphatic imine (C=N–C) groups is 1. The van der Waals surface area contributed by atoms with E-state index in [1.165, 1.54) is 32.1 Å². The van der Waals surface area contributed by atoms with Crippen LogP contribution >= 0.6 is 0 Å². The van der Waals surface area contributed by atoms with Gasteiger partial charge in [-0.1, -0.05) is 19.3 Å². The summed E-state index contributed by atoms with van der Waals surface area (Å²) in [5.74, 6) is 2.59. The summed E-state index contributed by atoms with van der Waals surface area (Å²) in [5, 5.41) is 7.14. The van der Waals surface area contributed by atoms with Crippen LogP contribution in [0.3, 0.4) is 0 Å². The third-order valence-corrected chi connectivity index (χ3v) is 6.94. The molecule has 1 aromatic rings. The summed E-state index contributed by atoms with van der Waals surface area (Å²) in [6.07, 6.45) is 10.2. The van der Waals surface area contributed by atoms with Crippen molar-refractivity contribution in [3.63, 3.8) is 0 Å². The van der Waals surface area contributed by atoms with Crippen molar-refractivity contribution in [2.45, 2.75) is 63.5 Å². The smallest absolute Gasteiger partial charge is 0.191 e. The van der Waals surface area contributed by atoms with Crippen molar-refractivity contribution >= 4 is 11.6 Å². The first-order chi connectivity index (χ1) is 15.6. The Labute approximate surface area is 194 Å². The number of rotatable bonds is 9. The van der Waals surface area contributed by atoms with Crippen LogP contribution in [-0.4, -0.2) is 77.4 Å². The average molecular weight is 446 g/mol. The van der Waals surface area contributed by atoms with Gasteiger partial charge in [0.1, 0.15) is 11.5 Å². The number of benzene rings is 1. The minimum Gasteiger partial charge on any atom is -0.497 e. The summed E-state index contributed by atoms with van der Waals surface area (Å²) >= 11 is 0. The Balaban J connectivity index is 1.38. The van der Waals surface area contributed by atoms with Crippen molar-refractivity contribution in [2.75, 3.05) is 59.4 Å². The summed E-state index contributed by atoms with van der Waals surface area (Å²) in [5.41, 5.74) is 1.16. The van der Waals surface area contributed by atoms with E-state index in [2.05, 4.69) is 44.6 Å². The Morgan fingerprint density at radius 3 is 2.28 bits per heavy atom. The van der Waals surface area contributed by atoms with E-state index >= 15 is 0 Å². The molecule has 1 heterocycles. The molecule has 2 fully saturated rings. The van der Waals surface area contributed by atoms with E-state index in [1.807, 2.05) is 13.1 Å². The molecule has 1 saturated carbocycles. The van der Waals surface area contributed by atoms with Crippen LogP contribution in [0.2, 0.25) is 0 Å². The van der Waals surface area contributed by atoms with Crippen molar-refractivity contribution in [1.82, 2.24) is 15.5 Å². The fourth-order valence-corrected chi connectivity index (χ4v) is 4.88. The Hall–Kier alpha value is -2.15. The number of ether oxygens (including phenoxy) is 2. The Kier molecular flexibility index (Phi) is 9.78. The molecule has 0 unspecified atom stereocenters. The van der Waals surface area contributed by atoms with E-state index in [0.717, 1.165) is 74.6 Å². The molecule has 1 saturated heterocycles. The van der Waals surface area contributed by atoms with Gasteiger partial charge < -0.3 is 29.9 Å². The number of anilines is 1. The highest BCUT2D eigenvalue weighted by atomic mass is 16.5. The van der Waals surface area contributed by atoms with Crippen LogP contribution in [0.15, 0.2) is 23.2 Å². The highest BCUT2D eigenvalue weighted by Gasteiger charge is 2.21. The first-order valence-corrected chi connectivity index (χ1v) is 12.3. The van der Waals surface area contributed by atoms with E-state index in [9.17, 15) is 0 Å². The van der Waals surface area contributed by atoms with E-state index < -0.39 is 0 Å². The van der Waals surface area contributed by atoms with Gasteiger partial charge in [-0.25, -0.2) is 0 Å². The minimum atomic E-state index is 0.440. The molecule has 0 radical (unpaired) electrons. The quantitative estimate of drug-likeness (QED) is 0.345. The second-order valence-corrected chi connectivity index (χ2v) is 9.10. The van der Waals surface area contributed by atoms with Crippen LogP contribution in [0.4, 0.5) is 5.69 Å². The topological polar surface area (TPSA) is 61.4 Å². The number of guanidine groups is 1. The Morgan fingerprint density at radius 1 is 1.03 bits per heavy atom. The summed E-state index contributed by atoms with van der Waals surface area (Å²) in [6, 6.07) is 7.31. The van der Waals surface area contributed by atoms with Gasteiger partial charge in [-0.2, -0.15) is 0 Å². The highest BCUT2D eigenvalue weighted by molar-refractivity contribution is 5.80. The van der Waals surface area contributed by atoms with Crippen molar-refractivity contribution in [3.8, 4) is 11.5 Å². The number of hydrogen-bond acceptors (Lipinski definition) is 5. The third-order valence-electron chi connectivity index (χ3n) is 6.94. The monoisotopic (exact) mass is 445 g/mol. The summed E-state index contributed by atoms with van der Waals surface area (Å²) in [6.45, 7) is 4.10. The maximum absolute atomic E-state index is 5.43. The molecule has 0 bridgehead atoms. The zero-order chi connectivity index (χ0) is 22.8. The van der Waals surface area contributed by atoms with Crippen LogP contribution < -0.4 is 25.0 Å². The molecule has 0 amide bonds. The molecule has 0 aromatic heterocycles. The number of nitrogens with zero attached hydrogens (tertiary/aromatic N) is 3. The lowest BCUT2D eigenvalue weighted by Crippen LogP contribution is -2.49. The van der Waals surface area contributed by atoms with Gasteiger partial charge in [-0.05, 0) is 45.7 Å². The van der Waals surface area contributed by atoms with Gasteiger partial charge in [0.25, 0.3) is 0 Å². The van der Waals surface area contributed by atoms with Gasteiger partial charge in [0, 0.05) is 62.7 Å². The van der Waals surface area contributed by atoms with Crippen LogP contribution in [-0.2, 0) is 0 Å². The Bertz CT molecular complexity index is 690. The second kappa shape index (κ2) is 12.8. The van der Waals surface area contributed by atoms with E-state index in [0.29, 0.717) is 6.04 Å². The first-order valence-electron chi connectivity index (χ1n) is 12.3. The Morgan fingerprint density at radius 2 is 1.69 bits per heavy atom. The lowest BCUT2D eigenvalue weighted by Gasteiger charge is -2.35. The number of methoxy groups -OCH3 is 2. The number of hydrogen-bond donors (Lipinski definition) is 2. The minimum absolute atomic E-state index is 0.440. The van der Waals surface area contributed by atoms with Gasteiger partial charge >= 0.3 is 0 Å². The molecular weight excluding hydrogens is 402 g/mol. The molecule has 32 heavy (non-hydrogen) atoms. The fourth-order valence-electron chi connectivity index (χ4n) is 4.88. The molecule has 1 aromatic carbocycles. The molecule has 0 spiro atoms. The molecule has 7 nitrogen and oxygen atoms in total. The molecule has 1 aliphatic carbocycles. The maximum Gasteiger partial charge on any atom is 0.191 e. The summed E-state index contributed by atoms with van der Waals surface area (Å²) < 4.78 is 10.9. The molecule has 180 valence electrons. The number of piperidine rings is 1.